The maximum absolute atomic E-state index is 12.5. The summed E-state index contributed by atoms with van der Waals surface area (Å²) in [6.07, 6.45) is -5.05. The molecular formula is C15H11BrClF3O. The van der Waals surface area contributed by atoms with Gasteiger partial charge in [-0.2, -0.15) is 13.2 Å². The van der Waals surface area contributed by atoms with E-state index in [1.807, 2.05) is 0 Å². The lowest BCUT2D eigenvalue weighted by molar-refractivity contribution is -0.137. The molecule has 0 amide bonds. The topological polar surface area (TPSA) is 20.2 Å². The Morgan fingerprint density at radius 2 is 1.71 bits per heavy atom. The SMILES string of the molecule is OC(Cc1ccc(C(F)(F)F)cc1)c1cc(Br)ccc1Cl. The molecule has 0 bridgehead atoms. The summed E-state index contributed by atoms with van der Waals surface area (Å²) < 4.78 is 38.2. The largest absolute Gasteiger partial charge is 0.416 e. The van der Waals surface area contributed by atoms with Crippen LogP contribution in [-0.2, 0) is 12.6 Å². The smallest absolute Gasteiger partial charge is 0.388 e. The first-order valence-electron chi connectivity index (χ1n) is 6.06. The van der Waals surface area contributed by atoms with E-state index < -0.39 is 17.8 Å². The zero-order valence-corrected chi connectivity index (χ0v) is 13.0. The molecule has 1 N–H and O–H groups in total. The van der Waals surface area contributed by atoms with Crippen molar-refractivity contribution in [2.75, 3.05) is 0 Å². The molecule has 112 valence electrons. The Morgan fingerprint density at radius 3 is 2.29 bits per heavy atom. The maximum atomic E-state index is 12.5. The molecule has 0 heterocycles. The molecule has 1 unspecified atom stereocenters. The van der Waals surface area contributed by atoms with Crippen LogP contribution in [0, 0.1) is 0 Å². The summed E-state index contributed by atoms with van der Waals surface area (Å²) in [6.45, 7) is 0. The van der Waals surface area contributed by atoms with Gasteiger partial charge in [0.1, 0.15) is 0 Å². The average molecular weight is 380 g/mol. The van der Waals surface area contributed by atoms with E-state index in [0.717, 1.165) is 16.6 Å². The molecule has 1 atom stereocenters. The third-order valence-corrected chi connectivity index (χ3v) is 3.86. The molecule has 21 heavy (non-hydrogen) atoms. The second-order valence-corrected chi connectivity index (χ2v) is 5.90. The van der Waals surface area contributed by atoms with Gasteiger partial charge in [-0.15, -0.1) is 0 Å². The van der Waals surface area contributed by atoms with Gasteiger partial charge in [0, 0.05) is 21.5 Å². The van der Waals surface area contributed by atoms with Crippen molar-refractivity contribution in [1.29, 1.82) is 0 Å². The van der Waals surface area contributed by atoms with Crippen molar-refractivity contribution in [2.24, 2.45) is 0 Å². The van der Waals surface area contributed by atoms with E-state index in [-0.39, 0.29) is 6.42 Å². The third kappa shape index (κ3) is 4.22. The molecule has 0 saturated carbocycles. The van der Waals surface area contributed by atoms with E-state index in [1.54, 1.807) is 18.2 Å². The van der Waals surface area contributed by atoms with Crippen molar-refractivity contribution < 1.29 is 18.3 Å². The summed E-state index contributed by atoms with van der Waals surface area (Å²) >= 11 is 9.30. The first kappa shape index (κ1) is 16.3. The summed E-state index contributed by atoms with van der Waals surface area (Å²) in [5.74, 6) is 0. The van der Waals surface area contributed by atoms with E-state index in [9.17, 15) is 18.3 Å². The highest BCUT2D eigenvalue weighted by Gasteiger charge is 2.30. The second kappa shape index (κ2) is 6.38. The second-order valence-electron chi connectivity index (χ2n) is 4.58. The normalized spacial score (nSPS) is 13.2. The molecule has 0 aliphatic heterocycles. The number of halogens is 5. The molecule has 2 aromatic carbocycles. The van der Waals surface area contributed by atoms with Gasteiger partial charge in [0.15, 0.2) is 0 Å². The van der Waals surface area contributed by atoms with Crippen molar-refractivity contribution in [3.8, 4) is 0 Å². The molecule has 6 heteroatoms. The molecule has 0 aliphatic carbocycles. The maximum Gasteiger partial charge on any atom is 0.416 e. The van der Waals surface area contributed by atoms with Gasteiger partial charge >= 0.3 is 6.18 Å². The van der Waals surface area contributed by atoms with Gasteiger partial charge in [-0.05, 0) is 35.9 Å². The van der Waals surface area contributed by atoms with Gasteiger partial charge in [-0.3, -0.25) is 0 Å². The van der Waals surface area contributed by atoms with Gasteiger partial charge in [-0.25, -0.2) is 0 Å². The Balaban J connectivity index is 2.16. The Kier molecular flexibility index (Phi) is 4.96. The van der Waals surface area contributed by atoms with E-state index in [1.165, 1.54) is 12.1 Å². The lowest BCUT2D eigenvalue weighted by atomic mass is 10.0. The monoisotopic (exact) mass is 378 g/mol. The van der Waals surface area contributed by atoms with Crippen LogP contribution in [0.3, 0.4) is 0 Å². The number of benzene rings is 2. The van der Waals surface area contributed by atoms with Crippen molar-refractivity contribution in [1.82, 2.24) is 0 Å². The Labute approximate surface area is 133 Å². The first-order chi connectivity index (χ1) is 9.77. The highest BCUT2D eigenvalue weighted by atomic mass is 79.9. The van der Waals surface area contributed by atoms with Gasteiger partial charge in [0.05, 0.1) is 11.7 Å². The van der Waals surface area contributed by atoms with Gasteiger partial charge in [-0.1, -0.05) is 39.7 Å². The molecular weight excluding hydrogens is 369 g/mol. The van der Waals surface area contributed by atoms with Crippen LogP contribution in [-0.4, -0.2) is 5.11 Å². The minimum atomic E-state index is -4.36. The number of alkyl halides is 3. The third-order valence-electron chi connectivity index (χ3n) is 3.03. The van der Waals surface area contributed by atoms with E-state index in [4.69, 9.17) is 11.6 Å². The minimum Gasteiger partial charge on any atom is -0.388 e. The fourth-order valence-corrected chi connectivity index (χ4v) is 2.56. The molecule has 2 aromatic rings. The van der Waals surface area contributed by atoms with Crippen LogP contribution < -0.4 is 0 Å². The molecule has 0 aliphatic rings. The lowest BCUT2D eigenvalue weighted by Gasteiger charge is -2.14. The van der Waals surface area contributed by atoms with E-state index in [2.05, 4.69) is 15.9 Å². The Morgan fingerprint density at radius 1 is 1.10 bits per heavy atom. The fourth-order valence-electron chi connectivity index (χ4n) is 1.93. The van der Waals surface area contributed by atoms with Crippen molar-refractivity contribution >= 4 is 27.5 Å². The van der Waals surface area contributed by atoms with Crippen LogP contribution in [0.25, 0.3) is 0 Å². The predicted molar refractivity (Wildman–Crippen MR) is 79.3 cm³/mol. The summed E-state index contributed by atoms with van der Waals surface area (Å²) in [7, 11) is 0. The van der Waals surface area contributed by atoms with Gasteiger partial charge < -0.3 is 5.11 Å². The highest BCUT2D eigenvalue weighted by Crippen LogP contribution is 2.31. The van der Waals surface area contributed by atoms with Gasteiger partial charge in [0.25, 0.3) is 0 Å². The standard InChI is InChI=1S/C15H11BrClF3O/c16-11-5-6-13(17)12(8-11)14(21)7-9-1-3-10(4-2-9)15(18,19)20/h1-6,8,14,21H,7H2. The zero-order chi connectivity index (χ0) is 15.6. The van der Waals surface area contributed by atoms with Gasteiger partial charge in [0.2, 0.25) is 0 Å². The molecule has 2 rings (SSSR count). The fraction of sp³-hybridized carbons (Fsp3) is 0.200. The Hall–Kier alpha value is -1.04. The van der Waals surface area contributed by atoms with Crippen molar-refractivity contribution in [3.63, 3.8) is 0 Å². The van der Waals surface area contributed by atoms with Crippen LogP contribution in [0.4, 0.5) is 13.2 Å². The zero-order valence-electron chi connectivity index (χ0n) is 10.7. The number of rotatable bonds is 3. The summed E-state index contributed by atoms with van der Waals surface area (Å²) in [6, 6.07) is 9.82. The number of aliphatic hydroxyl groups excluding tert-OH is 1. The van der Waals surface area contributed by atoms with Crippen LogP contribution >= 0.6 is 27.5 Å². The van der Waals surface area contributed by atoms with Crippen LogP contribution in [0.15, 0.2) is 46.9 Å². The highest BCUT2D eigenvalue weighted by molar-refractivity contribution is 9.10. The molecule has 1 nitrogen and oxygen atoms in total. The summed E-state index contributed by atoms with van der Waals surface area (Å²) in [4.78, 5) is 0. The van der Waals surface area contributed by atoms with Crippen molar-refractivity contribution in [3.05, 3.63) is 68.7 Å². The molecule has 0 spiro atoms. The quantitative estimate of drug-likeness (QED) is 0.757. The van der Waals surface area contributed by atoms with E-state index in [0.29, 0.717) is 16.1 Å². The van der Waals surface area contributed by atoms with Crippen LogP contribution in [0.5, 0.6) is 0 Å². The number of aliphatic hydroxyl groups is 1. The predicted octanol–water partition coefficient (Wildman–Crippen LogP) is 5.40. The number of hydrogen-bond donors (Lipinski definition) is 1. The van der Waals surface area contributed by atoms with E-state index >= 15 is 0 Å². The summed E-state index contributed by atoms with van der Waals surface area (Å²) in [5, 5.41) is 10.6. The van der Waals surface area contributed by atoms with Crippen LogP contribution in [0.1, 0.15) is 22.8 Å². The molecule has 0 saturated heterocycles. The average Bonchev–Trinajstić information content (AvgIpc) is 2.41. The van der Waals surface area contributed by atoms with Crippen LogP contribution in [0.2, 0.25) is 5.02 Å². The summed E-state index contributed by atoms with van der Waals surface area (Å²) in [5.41, 5.74) is 0.429. The number of hydrogen-bond acceptors (Lipinski definition) is 1. The van der Waals surface area contributed by atoms with Crippen molar-refractivity contribution in [2.45, 2.75) is 18.7 Å². The minimum absolute atomic E-state index is 0.189. The molecule has 0 radical (unpaired) electrons. The lowest BCUT2D eigenvalue weighted by Crippen LogP contribution is -2.06. The first-order valence-corrected chi connectivity index (χ1v) is 7.23. The Bertz CT molecular complexity index is 626. The molecule has 0 fully saturated rings. The molecule has 0 aromatic heterocycles.